The number of aromatic hydroxyl groups is 1. The number of rotatable bonds is 1. The molecule has 0 aliphatic heterocycles. The van der Waals surface area contributed by atoms with Crippen molar-refractivity contribution >= 4 is 16.5 Å². The maximum absolute atomic E-state index is 12.7. The highest BCUT2D eigenvalue weighted by atomic mass is 19.4. The van der Waals surface area contributed by atoms with Gasteiger partial charge in [-0.05, 0) is 48.6 Å². The summed E-state index contributed by atoms with van der Waals surface area (Å²) in [5.74, 6) is -1.30. The van der Waals surface area contributed by atoms with Gasteiger partial charge in [-0.2, -0.15) is 13.2 Å². The number of alkyl halides is 3. The summed E-state index contributed by atoms with van der Waals surface area (Å²) in [7, 11) is 0. The Bertz CT molecular complexity index is 805. The molecule has 6 heteroatoms. The van der Waals surface area contributed by atoms with Crippen LogP contribution in [0.1, 0.15) is 24.8 Å². The topological polar surface area (TPSA) is 57.2 Å². The summed E-state index contributed by atoms with van der Waals surface area (Å²) in [6, 6.07) is 6.19. The number of phenols is 1. The molecule has 1 atom stereocenters. The van der Waals surface area contributed by atoms with Crippen molar-refractivity contribution in [2.75, 3.05) is 0 Å². The van der Waals surface area contributed by atoms with Gasteiger partial charge in [-0.15, -0.1) is 0 Å². The molecule has 0 saturated carbocycles. The van der Waals surface area contributed by atoms with Crippen LogP contribution in [0.15, 0.2) is 34.8 Å². The molecule has 3 nitrogen and oxygen atoms in total. The quantitative estimate of drug-likeness (QED) is 0.822. The first-order valence-corrected chi connectivity index (χ1v) is 6.92. The van der Waals surface area contributed by atoms with Crippen LogP contribution < -0.4 is 5.55 Å². The lowest BCUT2D eigenvalue weighted by molar-refractivity contribution is -0.175. The molecule has 1 heterocycles. The van der Waals surface area contributed by atoms with Crippen molar-refractivity contribution in [1.82, 2.24) is 0 Å². The molecule has 0 amide bonds. The van der Waals surface area contributed by atoms with Gasteiger partial charge < -0.3 is 9.52 Å². The normalized spacial score (nSPS) is 19.2. The Labute approximate surface area is 124 Å². The van der Waals surface area contributed by atoms with Crippen LogP contribution in [-0.2, 0) is 0 Å². The van der Waals surface area contributed by atoms with Crippen LogP contribution in [0.3, 0.4) is 0 Å². The zero-order valence-electron chi connectivity index (χ0n) is 11.6. The minimum absolute atomic E-state index is 0.00454. The molecule has 1 aliphatic rings. The Balaban J connectivity index is 1.98. The van der Waals surface area contributed by atoms with E-state index in [1.54, 1.807) is 18.2 Å². The number of halogens is 3. The van der Waals surface area contributed by atoms with E-state index in [1.165, 1.54) is 12.1 Å². The molecule has 1 aromatic carbocycles. The van der Waals surface area contributed by atoms with Crippen LogP contribution in [0.4, 0.5) is 13.2 Å². The van der Waals surface area contributed by atoms with Crippen LogP contribution in [-0.4, -0.2) is 11.3 Å². The lowest BCUT2D eigenvalue weighted by Gasteiger charge is -2.24. The maximum atomic E-state index is 12.7. The van der Waals surface area contributed by atoms with E-state index in [0.717, 1.165) is 5.57 Å². The van der Waals surface area contributed by atoms with E-state index in [9.17, 15) is 18.3 Å². The van der Waals surface area contributed by atoms with Crippen LogP contribution in [0.25, 0.3) is 16.5 Å². The summed E-state index contributed by atoms with van der Waals surface area (Å²) in [6.45, 7) is 0. The zero-order chi connectivity index (χ0) is 15.9. The fourth-order valence-corrected chi connectivity index (χ4v) is 2.75. The fraction of sp³-hybridized carbons (Fsp3) is 0.312. The summed E-state index contributed by atoms with van der Waals surface area (Å²) in [6.07, 6.45) is -2.29. The van der Waals surface area contributed by atoms with Crippen LogP contribution in [0, 0.1) is 11.3 Å². The Kier molecular flexibility index (Phi) is 3.47. The average molecular weight is 309 g/mol. The second-order valence-electron chi connectivity index (χ2n) is 5.45. The molecule has 1 aliphatic carbocycles. The van der Waals surface area contributed by atoms with E-state index >= 15 is 0 Å². The minimum Gasteiger partial charge on any atom is -0.507 e. The molecule has 2 N–H and O–H groups in total. The Morgan fingerprint density at radius 1 is 1.23 bits per heavy atom. The standard InChI is InChI=1S/C16H14F3NO2/c17-16(18,19)11-3-1-9(2-4-11)10-7-13(21)12-5-6-15(20)22-14(12)8-10/h1,5-8,11,20-21H,2-4H2. The highest BCUT2D eigenvalue weighted by molar-refractivity contribution is 5.87. The molecule has 0 fully saturated rings. The zero-order valence-corrected chi connectivity index (χ0v) is 11.6. The Morgan fingerprint density at radius 2 is 2.00 bits per heavy atom. The van der Waals surface area contributed by atoms with Crippen LogP contribution in [0.2, 0.25) is 0 Å². The molecular weight excluding hydrogens is 295 g/mol. The van der Waals surface area contributed by atoms with E-state index < -0.39 is 12.1 Å². The van der Waals surface area contributed by atoms with Crippen LogP contribution in [0.5, 0.6) is 5.75 Å². The number of nitrogens with one attached hydrogen (secondary N) is 1. The van der Waals surface area contributed by atoms with Crippen molar-refractivity contribution < 1.29 is 22.7 Å². The molecule has 0 spiro atoms. The highest BCUT2D eigenvalue weighted by Gasteiger charge is 2.39. The van der Waals surface area contributed by atoms with Gasteiger partial charge in [-0.1, -0.05) is 6.08 Å². The first-order valence-electron chi connectivity index (χ1n) is 6.92. The van der Waals surface area contributed by atoms with Gasteiger partial charge in [0.1, 0.15) is 11.3 Å². The predicted molar refractivity (Wildman–Crippen MR) is 75.1 cm³/mol. The molecular formula is C16H14F3NO2. The average Bonchev–Trinajstić information content (AvgIpc) is 2.46. The van der Waals surface area contributed by atoms with E-state index in [2.05, 4.69) is 0 Å². The fourth-order valence-electron chi connectivity index (χ4n) is 2.75. The molecule has 0 saturated heterocycles. The summed E-state index contributed by atoms with van der Waals surface area (Å²) in [5.41, 5.74) is 1.71. The second-order valence-corrected chi connectivity index (χ2v) is 5.45. The van der Waals surface area contributed by atoms with Crippen molar-refractivity contribution in [2.45, 2.75) is 25.4 Å². The molecule has 0 radical (unpaired) electrons. The van der Waals surface area contributed by atoms with E-state index in [4.69, 9.17) is 9.83 Å². The SMILES string of the molecule is N=c1ccc2c(O)cc(C3=CCC(C(F)(F)F)CC3)cc2o1. The third-order valence-corrected chi connectivity index (χ3v) is 3.99. The predicted octanol–water partition coefficient (Wildman–Crippen LogP) is 4.36. The van der Waals surface area contributed by atoms with Gasteiger partial charge in [0.25, 0.3) is 0 Å². The maximum Gasteiger partial charge on any atom is 0.392 e. The summed E-state index contributed by atoms with van der Waals surface area (Å²) in [4.78, 5) is 0. The smallest absolute Gasteiger partial charge is 0.392 e. The van der Waals surface area contributed by atoms with Gasteiger partial charge >= 0.3 is 6.18 Å². The monoisotopic (exact) mass is 309 g/mol. The van der Waals surface area contributed by atoms with Crippen molar-refractivity contribution in [1.29, 1.82) is 5.41 Å². The lowest BCUT2D eigenvalue weighted by Crippen LogP contribution is -2.24. The minimum atomic E-state index is -4.16. The molecule has 2 aromatic rings. The van der Waals surface area contributed by atoms with Gasteiger partial charge in [-0.3, -0.25) is 5.41 Å². The van der Waals surface area contributed by atoms with Gasteiger partial charge in [0.2, 0.25) is 5.55 Å². The van der Waals surface area contributed by atoms with E-state index in [-0.39, 0.29) is 24.1 Å². The van der Waals surface area contributed by atoms with Crippen molar-refractivity contribution in [3.05, 3.63) is 41.5 Å². The number of hydrogen-bond acceptors (Lipinski definition) is 3. The first kappa shape index (κ1) is 14.7. The van der Waals surface area contributed by atoms with E-state index in [0.29, 0.717) is 23.0 Å². The van der Waals surface area contributed by atoms with Crippen molar-refractivity contribution in [3.63, 3.8) is 0 Å². The molecule has 22 heavy (non-hydrogen) atoms. The largest absolute Gasteiger partial charge is 0.507 e. The Morgan fingerprint density at radius 3 is 2.64 bits per heavy atom. The molecule has 116 valence electrons. The van der Waals surface area contributed by atoms with E-state index in [1.807, 2.05) is 0 Å². The molecule has 0 bridgehead atoms. The number of phenolic OH excluding ortho intramolecular Hbond substituents is 1. The number of benzene rings is 1. The summed E-state index contributed by atoms with van der Waals surface area (Å²) >= 11 is 0. The van der Waals surface area contributed by atoms with Crippen molar-refractivity contribution in [3.8, 4) is 5.75 Å². The highest BCUT2D eigenvalue weighted by Crippen LogP contribution is 2.40. The number of hydrogen-bond donors (Lipinski definition) is 2. The third kappa shape index (κ3) is 2.73. The van der Waals surface area contributed by atoms with Gasteiger partial charge in [0.15, 0.2) is 0 Å². The molecule has 1 aromatic heterocycles. The lowest BCUT2D eigenvalue weighted by atomic mass is 9.86. The molecule has 3 rings (SSSR count). The second kappa shape index (κ2) is 5.19. The summed E-state index contributed by atoms with van der Waals surface area (Å²) in [5, 5.41) is 18.0. The van der Waals surface area contributed by atoms with Crippen molar-refractivity contribution in [2.24, 2.45) is 5.92 Å². The van der Waals surface area contributed by atoms with Crippen LogP contribution >= 0.6 is 0 Å². The van der Waals surface area contributed by atoms with Gasteiger partial charge in [-0.25, -0.2) is 0 Å². The molecule has 1 unspecified atom stereocenters. The summed E-state index contributed by atoms with van der Waals surface area (Å²) < 4.78 is 43.3. The number of allylic oxidation sites excluding steroid dienone is 2. The van der Waals surface area contributed by atoms with Gasteiger partial charge in [0.05, 0.1) is 11.3 Å². The van der Waals surface area contributed by atoms with Gasteiger partial charge in [0, 0.05) is 6.07 Å². The Hall–Kier alpha value is -2.24. The first-order chi connectivity index (χ1) is 10.3. The number of fused-ring (bicyclic) bond motifs is 1. The third-order valence-electron chi connectivity index (χ3n) is 3.99.